The quantitative estimate of drug-likeness (QED) is 0.598. The number of aliphatic hydroxyl groups excluding tert-OH is 2. The Kier molecular flexibility index (Phi) is 6.61. The van der Waals surface area contributed by atoms with Crippen molar-refractivity contribution in [2.75, 3.05) is 13.2 Å². The maximum atomic E-state index is 12.2. The molecule has 160 valence electrons. The Morgan fingerprint density at radius 3 is 2.64 bits per heavy atom. The molecular formula is C24H41NO3. The third kappa shape index (κ3) is 3.79. The van der Waals surface area contributed by atoms with Gasteiger partial charge in [-0.2, -0.15) is 0 Å². The first kappa shape index (κ1) is 21.8. The van der Waals surface area contributed by atoms with Gasteiger partial charge < -0.3 is 15.5 Å². The number of hydrogen-bond acceptors (Lipinski definition) is 3. The van der Waals surface area contributed by atoms with Gasteiger partial charge in [0.1, 0.15) is 0 Å². The molecule has 3 N–H and O–H groups in total. The smallest absolute Gasteiger partial charge is 0.219 e. The Labute approximate surface area is 171 Å². The summed E-state index contributed by atoms with van der Waals surface area (Å²) in [5.74, 6) is 1.76. The van der Waals surface area contributed by atoms with Crippen LogP contribution < -0.4 is 5.32 Å². The third-order valence-electron chi connectivity index (χ3n) is 8.98. The van der Waals surface area contributed by atoms with Crippen molar-refractivity contribution in [3.05, 3.63) is 12.2 Å². The van der Waals surface area contributed by atoms with Crippen molar-refractivity contribution in [3.63, 3.8) is 0 Å². The molecule has 3 saturated carbocycles. The molecule has 0 saturated heterocycles. The van der Waals surface area contributed by atoms with E-state index in [1.54, 1.807) is 0 Å². The lowest BCUT2D eigenvalue weighted by Gasteiger charge is -2.56. The Balaban J connectivity index is 1.87. The normalized spacial score (nSPS) is 43.6. The van der Waals surface area contributed by atoms with Gasteiger partial charge in [0.2, 0.25) is 5.91 Å². The number of rotatable bonds is 6. The molecule has 0 aromatic heterocycles. The molecule has 3 aliphatic rings. The molecule has 0 radical (unpaired) electrons. The van der Waals surface area contributed by atoms with Crippen molar-refractivity contribution in [1.29, 1.82) is 0 Å². The molecule has 7 atom stereocenters. The van der Waals surface area contributed by atoms with E-state index in [4.69, 9.17) is 0 Å². The number of fused-ring (bicyclic) bond motifs is 1. The summed E-state index contributed by atoms with van der Waals surface area (Å²) in [6.45, 7) is 12.1. The summed E-state index contributed by atoms with van der Waals surface area (Å²) >= 11 is 0. The van der Waals surface area contributed by atoms with Crippen LogP contribution in [0.5, 0.6) is 0 Å². The van der Waals surface area contributed by atoms with Crippen LogP contribution in [0.4, 0.5) is 0 Å². The molecular weight excluding hydrogens is 350 g/mol. The molecule has 3 fully saturated rings. The zero-order chi connectivity index (χ0) is 20.5. The molecule has 1 amide bonds. The van der Waals surface area contributed by atoms with Gasteiger partial charge in [0.25, 0.3) is 0 Å². The zero-order valence-electron chi connectivity index (χ0n) is 18.2. The molecule has 3 rings (SSSR count). The minimum atomic E-state index is -0.284. The van der Waals surface area contributed by atoms with Crippen LogP contribution in [0.3, 0.4) is 0 Å². The molecule has 0 unspecified atom stereocenters. The van der Waals surface area contributed by atoms with E-state index in [1.807, 2.05) is 6.92 Å². The minimum Gasteiger partial charge on any atom is -0.396 e. The summed E-state index contributed by atoms with van der Waals surface area (Å²) in [7, 11) is 0. The SMILES string of the molecule is C=C1CC[C@H]2[C@H](CNC(=O)CCC)[C@@H]([C@@]3(C)CC[C@H](O)C[C@@H]3CO)CC[C@]12C. The molecule has 0 heterocycles. The third-order valence-corrected chi connectivity index (χ3v) is 8.98. The van der Waals surface area contributed by atoms with Gasteiger partial charge in [-0.25, -0.2) is 0 Å². The fourth-order valence-electron chi connectivity index (χ4n) is 7.01. The number of carbonyl (C=O) groups is 1. The monoisotopic (exact) mass is 391 g/mol. The van der Waals surface area contributed by atoms with E-state index in [1.165, 1.54) is 12.0 Å². The number of hydrogen-bond donors (Lipinski definition) is 3. The van der Waals surface area contributed by atoms with Crippen LogP contribution in [-0.4, -0.2) is 35.4 Å². The lowest BCUT2D eigenvalue weighted by Crippen LogP contribution is -2.53. The Morgan fingerprint density at radius 1 is 1.21 bits per heavy atom. The first-order valence-electron chi connectivity index (χ1n) is 11.5. The number of amides is 1. The molecule has 0 aliphatic heterocycles. The number of nitrogens with one attached hydrogen (secondary N) is 1. The highest BCUT2D eigenvalue weighted by atomic mass is 16.3. The predicted octanol–water partition coefficient (Wildman–Crippen LogP) is 4.06. The van der Waals surface area contributed by atoms with E-state index < -0.39 is 0 Å². The largest absolute Gasteiger partial charge is 0.396 e. The molecule has 0 aromatic rings. The summed E-state index contributed by atoms with van der Waals surface area (Å²) in [4.78, 5) is 12.2. The van der Waals surface area contributed by atoms with Gasteiger partial charge in [0.15, 0.2) is 0 Å². The Morgan fingerprint density at radius 2 is 1.96 bits per heavy atom. The van der Waals surface area contributed by atoms with Gasteiger partial charge in [-0.05, 0) is 85.9 Å². The summed E-state index contributed by atoms with van der Waals surface area (Å²) in [5.41, 5.74) is 1.61. The van der Waals surface area contributed by atoms with Crippen LogP contribution in [0.1, 0.15) is 78.6 Å². The van der Waals surface area contributed by atoms with Gasteiger partial charge in [0.05, 0.1) is 6.10 Å². The average Bonchev–Trinajstić information content (AvgIpc) is 2.97. The van der Waals surface area contributed by atoms with E-state index in [2.05, 4.69) is 25.7 Å². The van der Waals surface area contributed by atoms with E-state index in [9.17, 15) is 15.0 Å². The topological polar surface area (TPSA) is 69.6 Å². The summed E-state index contributed by atoms with van der Waals surface area (Å²) < 4.78 is 0. The second-order valence-electron chi connectivity index (χ2n) is 10.3. The highest BCUT2D eigenvalue weighted by Crippen LogP contribution is 2.63. The van der Waals surface area contributed by atoms with Crippen molar-refractivity contribution in [1.82, 2.24) is 5.32 Å². The molecule has 0 spiro atoms. The lowest BCUT2D eigenvalue weighted by molar-refractivity contribution is -0.123. The van der Waals surface area contributed by atoms with E-state index in [0.717, 1.165) is 45.1 Å². The lowest BCUT2D eigenvalue weighted by atomic mass is 9.49. The van der Waals surface area contributed by atoms with Crippen molar-refractivity contribution in [3.8, 4) is 0 Å². The van der Waals surface area contributed by atoms with Gasteiger partial charge in [0, 0.05) is 19.6 Å². The van der Waals surface area contributed by atoms with E-state index >= 15 is 0 Å². The van der Waals surface area contributed by atoms with Crippen LogP contribution in [0.25, 0.3) is 0 Å². The van der Waals surface area contributed by atoms with Crippen molar-refractivity contribution >= 4 is 5.91 Å². The van der Waals surface area contributed by atoms with Crippen molar-refractivity contribution in [2.45, 2.75) is 84.7 Å². The number of carbonyl (C=O) groups excluding carboxylic acids is 1. The van der Waals surface area contributed by atoms with E-state index in [-0.39, 0.29) is 35.4 Å². The molecule has 4 heteroatoms. The van der Waals surface area contributed by atoms with Crippen LogP contribution in [0.2, 0.25) is 0 Å². The second-order valence-corrected chi connectivity index (χ2v) is 10.3. The summed E-state index contributed by atoms with van der Waals surface area (Å²) in [6, 6.07) is 0. The average molecular weight is 392 g/mol. The Hall–Kier alpha value is -0.870. The van der Waals surface area contributed by atoms with Gasteiger partial charge >= 0.3 is 0 Å². The first-order valence-corrected chi connectivity index (χ1v) is 11.5. The molecule has 28 heavy (non-hydrogen) atoms. The summed E-state index contributed by atoms with van der Waals surface area (Å²) in [5, 5.41) is 23.6. The highest BCUT2D eigenvalue weighted by molar-refractivity contribution is 5.75. The second kappa shape index (κ2) is 8.47. The molecule has 3 aliphatic carbocycles. The standard InChI is InChI=1S/C24H41NO3/c1-5-6-22(28)25-14-19-20-8-7-16(2)23(20,3)12-10-21(19)24(4)11-9-18(27)13-17(24)15-26/h17-21,26-27H,2,5-15H2,1,3-4H3,(H,25,28)/t17-,18+,19+,20+,21+,23-,24+/m1/s1. The predicted molar refractivity (Wildman–Crippen MR) is 113 cm³/mol. The van der Waals surface area contributed by atoms with Gasteiger partial charge in [-0.1, -0.05) is 32.9 Å². The van der Waals surface area contributed by atoms with Gasteiger partial charge in [-0.3, -0.25) is 4.79 Å². The number of aliphatic hydroxyl groups is 2. The minimum absolute atomic E-state index is 0.0272. The molecule has 0 aromatic carbocycles. The number of allylic oxidation sites excluding steroid dienone is 1. The van der Waals surface area contributed by atoms with Crippen LogP contribution in [0, 0.1) is 34.5 Å². The molecule has 0 bridgehead atoms. The maximum Gasteiger partial charge on any atom is 0.219 e. The fraction of sp³-hybridized carbons (Fsp3) is 0.875. The molecule has 4 nitrogen and oxygen atoms in total. The first-order chi connectivity index (χ1) is 13.3. The van der Waals surface area contributed by atoms with Crippen molar-refractivity contribution < 1.29 is 15.0 Å². The van der Waals surface area contributed by atoms with Crippen LogP contribution >= 0.6 is 0 Å². The summed E-state index contributed by atoms with van der Waals surface area (Å²) in [6.07, 6.45) is 8.24. The van der Waals surface area contributed by atoms with Crippen LogP contribution in [0.15, 0.2) is 12.2 Å². The Bertz CT molecular complexity index is 590. The fourth-order valence-corrected chi connectivity index (χ4v) is 7.01. The van der Waals surface area contributed by atoms with Crippen LogP contribution in [-0.2, 0) is 4.79 Å². The zero-order valence-corrected chi connectivity index (χ0v) is 18.2. The van der Waals surface area contributed by atoms with Gasteiger partial charge in [-0.15, -0.1) is 0 Å². The van der Waals surface area contributed by atoms with Crippen molar-refractivity contribution in [2.24, 2.45) is 34.5 Å². The van der Waals surface area contributed by atoms with E-state index in [0.29, 0.717) is 30.6 Å². The maximum absolute atomic E-state index is 12.2. The highest BCUT2D eigenvalue weighted by Gasteiger charge is 2.56.